The Hall–Kier alpha value is -5.23. The molecule has 4 aromatic heterocycles. The molecular weight excluding hydrogens is 570 g/mol. The number of ether oxygens (including phenoxy) is 1. The summed E-state index contributed by atoms with van der Waals surface area (Å²) in [5.41, 5.74) is 5.09. The van der Waals surface area contributed by atoms with E-state index in [2.05, 4.69) is 20.3 Å². The van der Waals surface area contributed by atoms with Crippen molar-refractivity contribution < 1.29 is 26.8 Å². The molecule has 0 saturated carbocycles. The molecule has 6 rings (SSSR count). The van der Waals surface area contributed by atoms with Crippen molar-refractivity contribution >= 4 is 43.8 Å². The van der Waals surface area contributed by atoms with Gasteiger partial charge in [-0.15, -0.1) is 0 Å². The average Bonchev–Trinajstić information content (AvgIpc) is 3.61. The van der Waals surface area contributed by atoms with E-state index in [1.165, 1.54) is 14.2 Å². The Morgan fingerprint density at radius 2 is 1.74 bits per heavy atom. The summed E-state index contributed by atoms with van der Waals surface area (Å²) < 4.78 is 44.4. The van der Waals surface area contributed by atoms with Crippen LogP contribution in [0, 0.1) is 6.92 Å². The second-order valence-corrected chi connectivity index (χ2v) is 12.0. The second kappa shape index (κ2) is 10.6. The third-order valence-corrected chi connectivity index (χ3v) is 8.35. The van der Waals surface area contributed by atoms with Gasteiger partial charge in [0, 0.05) is 54.6 Å². The van der Waals surface area contributed by atoms with Crippen LogP contribution < -0.4 is 14.4 Å². The zero-order valence-corrected chi connectivity index (χ0v) is 24.8. The van der Waals surface area contributed by atoms with Gasteiger partial charge in [0.2, 0.25) is 21.8 Å². The SMILES string of the molecule is CNC(=O)c1c(-c2ccc(C)cc2)oc2cc(N(C)S(C)(=O)=O)c(-c3cnc(OC)c(-c4nc5ncccc5o4)c3)cc12. The van der Waals surface area contributed by atoms with Crippen LogP contribution in [-0.4, -0.2) is 56.7 Å². The molecule has 0 fully saturated rings. The van der Waals surface area contributed by atoms with Gasteiger partial charge in [-0.1, -0.05) is 29.8 Å². The normalized spacial score (nSPS) is 11.7. The fraction of sp³-hybridized carbons (Fsp3) is 0.161. The van der Waals surface area contributed by atoms with Gasteiger partial charge >= 0.3 is 0 Å². The molecule has 0 aliphatic heterocycles. The Labute approximate surface area is 247 Å². The molecule has 1 amide bonds. The van der Waals surface area contributed by atoms with E-state index in [9.17, 15) is 13.2 Å². The molecule has 0 aliphatic carbocycles. The van der Waals surface area contributed by atoms with Gasteiger partial charge in [-0.2, -0.15) is 4.98 Å². The number of sulfonamides is 1. The van der Waals surface area contributed by atoms with Crippen molar-refractivity contribution in [2.75, 3.05) is 31.8 Å². The van der Waals surface area contributed by atoms with Crippen molar-refractivity contribution in [3.8, 4) is 39.8 Å². The largest absolute Gasteiger partial charge is 0.480 e. The lowest BCUT2D eigenvalue weighted by molar-refractivity contribution is 0.0964. The first-order valence-electron chi connectivity index (χ1n) is 13.2. The summed E-state index contributed by atoms with van der Waals surface area (Å²) >= 11 is 0. The lowest BCUT2D eigenvalue weighted by Crippen LogP contribution is -2.25. The van der Waals surface area contributed by atoms with Gasteiger partial charge in [0.15, 0.2) is 11.2 Å². The topological polar surface area (TPSA) is 141 Å². The number of hydrogen-bond donors (Lipinski definition) is 1. The smallest absolute Gasteiger partial charge is 0.255 e. The summed E-state index contributed by atoms with van der Waals surface area (Å²) in [6.07, 6.45) is 4.28. The van der Waals surface area contributed by atoms with Gasteiger partial charge < -0.3 is 18.9 Å². The molecule has 0 radical (unpaired) electrons. The molecule has 0 bridgehead atoms. The number of benzene rings is 2. The van der Waals surface area contributed by atoms with Crippen molar-refractivity contribution in [3.63, 3.8) is 0 Å². The predicted molar refractivity (Wildman–Crippen MR) is 164 cm³/mol. The predicted octanol–water partition coefficient (Wildman–Crippen LogP) is 5.44. The van der Waals surface area contributed by atoms with E-state index < -0.39 is 10.0 Å². The van der Waals surface area contributed by atoms with Crippen LogP contribution in [0.1, 0.15) is 15.9 Å². The van der Waals surface area contributed by atoms with E-state index in [-0.39, 0.29) is 17.7 Å². The zero-order valence-electron chi connectivity index (χ0n) is 24.0. The lowest BCUT2D eigenvalue weighted by atomic mass is 9.98. The van der Waals surface area contributed by atoms with Crippen LogP contribution in [0.5, 0.6) is 5.88 Å². The molecule has 43 heavy (non-hydrogen) atoms. The maximum absolute atomic E-state index is 13.3. The van der Waals surface area contributed by atoms with E-state index in [0.717, 1.165) is 16.1 Å². The number of aryl methyl sites for hydroxylation is 1. The number of carbonyl (C=O) groups excluding carboxylic acids is 1. The Balaban J connectivity index is 1.64. The number of nitrogens with zero attached hydrogens (tertiary/aromatic N) is 4. The third kappa shape index (κ3) is 4.95. The molecule has 0 aliphatic rings. The summed E-state index contributed by atoms with van der Waals surface area (Å²) in [5, 5.41) is 3.20. The number of hydrogen-bond acceptors (Lipinski definition) is 9. The summed E-state index contributed by atoms with van der Waals surface area (Å²) in [4.78, 5) is 26.5. The maximum atomic E-state index is 13.3. The fourth-order valence-electron chi connectivity index (χ4n) is 4.86. The number of methoxy groups -OCH3 is 1. The van der Waals surface area contributed by atoms with E-state index in [1.807, 2.05) is 31.2 Å². The van der Waals surface area contributed by atoms with Gasteiger partial charge in [0.05, 0.1) is 30.2 Å². The summed E-state index contributed by atoms with van der Waals surface area (Å²) in [5.74, 6) is 0.504. The number of anilines is 1. The number of carbonyl (C=O) groups is 1. The van der Waals surface area contributed by atoms with E-state index in [4.69, 9.17) is 13.6 Å². The number of pyridine rings is 2. The first kappa shape index (κ1) is 27.9. The van der Waals surface area contributed by atoms with Gasteiger partial charge in [-0.25, -0.2) is 18.4 Å². The van der Waals surface area contributed by atoms with Gasteiger partial charge in [0.1, 0.15) is 11.3 Å². The second-order valence-electron chi connectivity index (χ2n) is 9.97. The highest BCUT2D eigenvalue weighted by atomic mass is 32.2. The van der Waals surface area contributed by atoms with E-state index in [0.29, 0.717) is 61.5 Å². The molecule has 12 heteroatoms. The van der Waals surface area contributed by atoms with Crippen molar-refractivity contribution in [1.29, 1.82) is 0 Å². The lowest BCUT2D eigenvalue weighted by Gasteiger charge is -2.21. The number of oxazole rings is 1. The molecule has 0 saturated heterocycles. The van der Waals surface area contributed by atoms with Gasteiger partial charge in [0.25, 0.3) is 5.91 Å². The molecule has 11 nitrogen and oxygen atoms in total. The molecule has 218 valence electrons. The fourth-order valence-corrected chi connectivity index (χ4v) is 5.37. The minimum Gasteiger partial charge on any atom is -0.480 e. The molecule has 6 aromatic rings. The number of rotatable bonds is 7. The molecule has 2 aromatic carbocycles. The van der Waals surface area contributed by atoms with Crippen LogP contribution in [0.4, 0.5) is 5.69 Å². The Kier molecular flexibility index (Phi) is 6.85. The summed E-state index contributed by atoms with van der Waals surface area (Å²) in [7, 11) is 0.776. The first-order valence-corrected chi connectivity index (χ1v) is 15.0. The Morgan fingerprint density at radius 1 is 0.977 bits per heavy atom. The first-order chi connectivity index (χ1) is 20.6. The highest BCUT2D eigenvalue weighted by molar-refractivity contribution is 7.92. The maximum Gasteiger partial charge on any atom is 0.255 e. The van der Waals surface area contributed by atoms with Gasteiger partial charge in [-0.05, 0) is 31.2 Å². The zero-order chi connectivity index (χ0) is 30.5. The van der Waals surface area contributed by atoms with Crippen molar-refractivity contribution in [1.82, 2.24) is 20.3 Å². The van der Waals surface area contributed by atoms with Crippen molar-refractivity contribution in [3.05, 3.63) is 78.1 Å². The summed E-state index contributed by atoms with van der Waals surface area (Å²) in [6.45, 7) is 1.97. The Morgan fingerprint density at radius 3 is 2.42 bits per heavy atom. The van der Waals surface area contributed by atoms with Gasteiger partial charge in [-0.3, -0.25) is 9.10 Å². The minimum absolute atomic E-state index is 0.231. The number of fused-ring (bicyclic) bond motifs is 2. The molecular formula is C31H27N5O6S. The quantitative estimate of drug-likeness (QED) is 0.255. The van der Waals surface area contributed by atoms with Crippen LogP contribution in [0.15, 0.2) is 75.8 Å². The van der Waals surface area contributed by atoms with Crippen molar-refractivity contribution in [2.45, 2.75) is 6.92 Å². The van der Waals surface area contributed by atoms with Crippen LogP contribution in [0.2, 0.25) is 0 Å². The highest BCUT2D eigenvalue weighted by Gasteiger charge is 2.27. The Bertz CT molecular complexity index is 2100. The number of amides is 1. The minimum atomic E-state index is -3.70. The molecule has 4 heterocycles. The number of furan rings is 1. The highest BCUT2D eigenvalue weighted by Crippen LogP contribution is 2.43. The summed E-state index contributed by atoms with van der Waals surface area (Å²) in [6, 6.07) is 16.2. The van der Waals surface area contributed by atoms with Crippen LogP contribution in [0.3, 0.4) is 0 Å². The third-order valence-electron chi connectivity index (χ3n) is 7.16. The molecule has 0 spiro atoms. The molecule has 1 N–H and O–H groups in total. The number of aromatic nitrogens is 3. The van der Waals surface area contributed by atoms with E-state index >= 15 is 0 Å². The monoisotopic (exact) mass is 597 g/mol. The molecule has 0 atom stereocenters. The van der Waals surface area contributed by atoms with Crippen LogP contribution in [-0.2, 0) is 10.0 Å². The molecule has 0 unspecified atom stereocenters. The van der Waals surface area contributed by atoms with Crippen LogP contribution >= 0.6 is 0 Å². The van der Waals surface area contributed by atoms with Crippen molar-refractivity contribution in [2.24, 2.45) is 0 Å². The van der Waals surface area contributed by atoms with Crippen LogP contribution in [0.25, 0.3) is 56.1 Å². The van der Waals surface area contributed by atoms with E-state index in [1.54, 1.807) is 49.8 Å². The average molecular weight is 598 g/mol. The standard InChI is InChI=1S/C31H27N5O6S/c1-17-8-10-18(11-9-17)27-26(29(37)32-2)21-14-20(23(15-25(21)41-27)36(3)43(5,38)39)19-13-22(30(40-4)34-16-19)31-35-28-24(42-31)7-6-12-33-28/h6-16H,1-5H3,(H,32,37). The number of nitrogens with one attached hydrogen (secondary N) is 1.